The first-order valence-corrected chi connectivity index (χ1v) is 13.1. The van der Waals surface area contributed by atoms with Crippen molar-refractivity contribution < 1.29 is 34.6 Å². The summed E-state index contributed by atoms with van der Waals surface area (Å²) in [5, 5.41) is 40.3. The fraction of sp³-hybridized carbons (Fsp3) is 0.419. The number of aliphatic hydroxyl groups is 4. The van der Waals surface area contributed by atoms with Crippen molar-refractivity contribution in [1.82, 2.24) is 0 Å². The second-order valence-electron chi connectivity index (χ2n) is 10.8. The third kappa shape index (κ3) is 5.23. The SMILES string of the molecule is Cc1ccc([C@@H]2O[C@H](CO)[C@@H](O)[C@H](O)[C@H]2O)cc1Cc1ccc(OC[C@H]2OC(C)(C)c3ccccc32)cc1. The summed E-state index contributed by atoms with van der Waals surface area (Å²) in [7, 11) is 0. The van der Waals surface area contributed by atoms with E-state index in [2.05, 4.69) is 26.0 Å². The zero-order valence-electron chi connectivity index (χ0n) is 21.9. The van der Waals surface area contributed by atoms with Crippen molar-refractivity contribution in [3.63, 3.8) is 0 Å². The number of ether oxygens (including phenoxy) is 3. The maximum Gasteiger partial charge on any atom is 0.119 e. The van der Waals surface area contributed by atoms with Crippen LogP contribution in [0.5, 0.6) is 5.75 Å². The third-order valence-electron chi connectivity index (χ3n) is 7.71. The molecule has 3 aromatic carbocycles. The summed E-state index contributed by atoms with van der Waals surface area (Å²) < 4.78 is 18.1. The number of benzene rings is 3. The first kappa shape index (κ1) is 26.8. The highest BCUT2D eigenvalue weighted by Crippen LogP contribution is 2.43. The largest absolute Gasteiger partial charge is 0.491 e. The summed E-state index contributed by atoms with van der Waals surface area (Å²) in [4.78, 5) is 0. The van der Waals surface area contributed by atoms with Crippen LogP contribution in [0.4, 0.5) is 0 Å². The zero-order valence-corrected chi connectivity index (χ0v) is 21.9. The third-order valence-corrected chi connectivity index (χ3v) is 7.71. The minimum absolute atomic E-state index is 0.117. The molecule has 0 aliphatic carbocycles. The Morgan fingerprint density at radius 3 is 2.37 bits per heavy atom. The van der Waals surface area contributed by atoms with Crippen LogP contribution in [0.15, 0.2) is 66.7 Å². The molecule has 0 radical (unpaired) electrons. The highest BCUT2D eigenvalue weighted by Gasteiger charge is 2.44. The number of rotatable bonds is 7. The predicted molar refractivity (Wildman–Crippen MR) is 142 cm³/mol. The molecule has 2 heterocycles. The Hall–Kier alpha value is -2.78. The van der Waals surface area contributed by atoms with E-state index in [1.165, 1.54) is 11.1 Å². The van der Waals surface area contributed by atoms with E-state index in [0.717, 1.165) is 22.4 Å². The smallest absolute Gasteiger partial charge is 0.119 e. The van der Waals surface area contributed by atoms with Crippen molar-refractivity contribution in [2.75, 3.05) is 13.2 Å². The first-order chi connectivity index (χ1) is 18.2. The van der Waals surface area contributed by atoms with E-state index in [1.807, 2.05) is 61.5 Å². The van der Waals surface area contributed by atoms with Crippen molar-refractivity contribution in [3.8, 4) is 5.75 Å². The molecule has 7 heteroatoms. The van der Waals surface area contributed by atoms with E-state index < -0.39 is 37.1 Å². The summed E-state index contributed by atoms with van der Waals surface area (Å²) in [5.74, 6) is 0.770. The van der Waals surface area contributed by atoms with Crippen molar-refractivity contribution in [2.24, 2.45) is 0 Å². The molecule has 5 rings (SSSR count). The molecule has 0 aromatic heterocycles. The molecule has 7 nitrogen and oxygen atoms in total. The fourth-order valence-corrected chi connectivity index (χ4v) is 5.46. The summed E-state index contributed by atoms with van der Waals surface area (Å²) in [6.45, 7) is 6.15. The second kappa shape index (κ2) is 10.8. The molecular formula is C31H36O7. The minimum atomic E-state index is -1.41. The van der Waals surface area contributed by atoms with Gasteiger partial charge in [0, 0.05) is 0 Å². The Morgan fingerprint density at radius 2 is 1.63 bits per heavy atom. The fourth-order valence-electron chi connectivity index (χ4n) is 5.46. The number of hydrogen-bond donors (Lipinski definition) is 4. The van der Waals surface area contributed by atoms with Crippen molar-refractivity contribution >= 4 is 0 Å². The van der Waals surface area contributed by atoms with Crippen LogP contribution < -0.4 is 4.74 Å². The van der Waals surface area contributed by atoms with E-state index in [4.69, 9.17) is 14.2 Å². The molecule has 6 atom stereocenters. The van der Waals surface area contributed by atoms with Gasteiger partial charge in [-0.2, -0.15) is 0 Å². The van der Waals surface area contributed by atoms with Crippen LogP contribution in [0, 0.1) is 6.92 Å². The predicted octanol–water partition coefficient (Wildman–Crippen LogP) is 3.49. The molecule has 4 N–H and O–H groups in total. The molecule has 0 spiro atoms. The average Bonchev–Trinajstić information content (AvgIpc) is 3.18. The summed E-state index contributed by atoms with van der Waals surface area (Å²) in [6.07, 6.45) is -5.34. The lowest BCUT2D eigenvalue weighted by atomic mass is 9.89. The van der Waals surface area contributed by atoms with E-state index in [-0.39, 0.29) is 11.7 Å². The Bertz CT molecular complexity index is 1250. The van der Waals surface area contributed by atoms with Gasteiger partial charge >= 0.3 is 0 Å². The molecule has 3 aromatic rings. The molecule has 2 aliphatic rings. The van der Waals surface area contributed by atoms with Crippen molar-refractivity contribution in [3.05, 3.63) is 100 Å². The lowest BCUT2D eigenvalue weighted by Gasteiger charge is -2.40. The van der Waals surface area contributed by atoms with Gasteiger partial charge in [-0.3, -0.25) is 0 Å². The van der Waals surface area contributed by atoms with E-state index in [1.54, 1.807) is 0 Å². The lowest BCUT2D eigenvalue weighted by molar-refractivity contribution is -0.231. The van der Waals surface area contributed by atoms with Crippen molar-refractivity contribution in [2.45, 2.75) is 69.4 Å². The van der Waals surface area contributed by atoms with Crippen LogP contribution in [0.25, 0.3) is 0 Å². The topological polar surface area (TPSA) is 109 Å². The van der Waals surface area contributed by atoms with Crippen LogP contribution in [-0.4, -0.2) is 58.1 Å². The van der Waals surface area contributed by atoms with Gasteiger partial charge in [0.25, 0.3) is 0 Å². The molecule has 202 valence electrons. The van der Waals surface area contributed by atoms with Gasteiger partial charge in [-0.1, -0.05) is 54.6 Å². The highest BCUT2D eigenvalue weighted by molar-refractivity contribution is 5.39. The van der Waals surface area contributed by atoms with Gasteiger partial charge < -0.3 is 34.6 Å². The molecule has 38 heavy (non-hydrogen) atoms. The number of aryl methyl sites for hydroxylation is 1. The van der Waals surface area contributed by atoms with Gasteiger partial charge in [-0.05, 0) is 72.7 Å². The van der Waals surface area contributed by atoms with E-state index in [9.17, 15) is 20.4 Å². The number of fused-ring (bicyclic) bond motifs is 1. The summed E-state index contributed by atoms with van der Waals surface area (Å²) in [5.41, 5.74) is 5.94. The Morgan fingerprint density at radius 1 is 0.895 bits per heavy atom. The average molecular weight is 521 g/mol. The quantitative estimate of drug-likeness (QED) is 0.378. The Balaban J connectivity index is 1.25. The van der Waals surface area contributed by atoms with Crippen LogP contribution in [0.1, 0.15) is 59.4 Å². The summed E-state index contributed by atoms with van der Waals surface area (Å²) in [6, 6.07) is 22.0. The molecule has 2 aliphatic heterocycles. The van der Waals surface area contributed by atoms with Gasteiger partial charge in [-0.15, -0.1) is 0 Å². The monoisotopic (exact) mass is 520 g/mol. The van der Waals surface area contributed by atoms with Crippen LogP contribution in [0.3, 0.4) is 0 Å². The highest BCUT2D eigenvalue weighted by atomic mass is 16.6. The Labute approximate surface area is 223 Å². The zero-order chi connectivity index (χ0) is 27.0. The van der Waals surface area contributed by atoms with E-state index in [0.29, 0.717) is 18.6 Å². The first-order valence-electron chi connectivity index (χ1n) is 13.1. The van der Waals surface area contributed by atoms with Gasteiger partial charge in [-0.25, -0.2) is 0 Å². The molecule has 1 saturated heterocycles. The minimum Gasteiger partial charge on any atom is -0.491 e. The van der Waals surface area contributed by atoms with Crippen molar-refractivity contribution in [1.29, 1.82) is 0 Å². The summed E-state index contributed by atoms with van der Waals surface area (Å²) >= 11 is 0. The maximum absolute atomic E-state index is 10.5. The van der Waals surface area contributed by atoms with Gasteiger partial charge in [0.2, 0.25) is 0 Å². The standard InChI is InChI=1S/C31H36O7/c1-18-8-11-20(30-29(35)28(34)27(33)25(16-32)37-30)15-21(18)14-19-9-12-22(13-10-19)36-17-26-23-6-4-5-7-24(23)31(2,3)38-26/h4-13,15,25-30,32-35H,14,16-17H2,1-3H3/t25-,26-,27-,28+,29-,30+/m1/s1. The van der Waals surface area contributed by atoms with Crippen LogP contribution in [0.2, 0.25) is 0 Å². The number of hydrogen-bond acceptors (Lipinski definition) is 7. The van der Waals surface area contributed by atoms with Gasteiger partial charge in [0.05, 0.1) is 12.2 Å². The maximum atomic E-state index is 10.5. The van der Waals surface area contributed by atoms with E-state index >= 15 is 0 Å². The Kier molecular flexibility index (Phi) is 7.60. The lowest BCUT2D eigenvalue weighted by Crippen LogP contribution is -2.55. The van der Waals surface area contributed by atoms with Gasteiger partial charge in [0.1, 0.15) is 49.0 Å². The molecule has 0 bridgehead atoms. The van der Waals surface area contributed by atoms with Crippen LogP contribution >= 0.6 is 0 Å². The molecule has 0 amide bonds. The van der Waals surface area contributed by atoms with Crippen LogP contribution in [-0.2, 0) is 21.5 Å². The second-order valence-corrected chi connectivity index (χ2v) is 10.8. The molecule has 1 fully saturated rings. The molecule has 0 saturated carbocycles. The van der Waals surface area contributed by atoms with Gasteiger partial charge in [0.15, 0.2) is 0 Å². The normalized spacial score (nSPS) is 28.2. The number of aliphatic hydroxyl groups excluding tert-OH is 4. The molecular weight excluding hydrogens is 484 g/mol. The molecule has 0 unspecified atom stereocenters.